The van der Waals surface area contributed by atoms with Crippen molar-refractivity contribution in [1.82, 2.24) is 9.97 Å². The number of ether oxygens (including phenoxy) is 1. The number of pyridine rings is 1. The molecule has 1 aromatic carbocycles. The molecule has 3 N–H and O–H groups in total. The van der Waals surface area contributed by atoms with Crippen molar-refractivity contribution in [3.05, 3.63) is 73.4 Å². The third kappa shape index (κ3) is 4.26. The Labute approximate surface area is 152 Å². The van der Waals surface area contributed by atoms with Gasteiger partial charge in [-0.1, -0.05) is 35.1 Å². The van der Waals surface area contributed by atoms with Crippen LogP contribution in [0.4, 0.5) is 0 Å². The molecule has 128 valence electrons. The molecule has 2 heterocycles. The fourth-order valence-electron chi connectivity index (χ4n) is 2.19. The Kier molecular flexibility index (Phi) is 5.16. The van der Waals surface area contributed by atoms with E-state index >= 15 is 0 Å². The Hall–Kier alpha value is -2.64. The van der Waals surface area contributed by atoms with Crippen LogP contribution >= 0.6 is 22.9 Å². The normalized spacial score (nSPS) is 10.6. The molecule has 0 spiro atoms. The van der Waals surface area contributed by atoms with Gasteiger partial charge in [0.05, 0.1) is 15.6 Å². The Morgan fingerprint density at radius 2 is 2.08 bits per heavy atom. The van der Waals surface area contributed by atoms with Gasteiger partial charge in [-0.05, 0) is 29.8 Å². The molecule has 0 atom stereocenters. The van der Waals surface area contributed by atoms with Crippen LogP contribution in [0.3, 0.4) is 0 Å². The molecule has 0 fully saturated rings. The number of aromatic hydroxyl groups is 1. The molecule has 6 nitrogen and oxygen atoms in total. The van der Waals surface area contributed by atoms with Gasteiger partial charge in [0.15, 0.2) is 0 Å². The summed E-state index contributed by atoms with van der Waals surface area (Å²) in [7, 11) is 0. The molecule has 0 unspecified atom stereocenters. The van der Waals surface area contributed by atoms with Crippen molar-refractivity contribution in [2.24, 2.45) is 0 Å². The Bertz CT molecular complexity index is 950. The number of benzene rings is 1. The van der Waals surface area contributed by atoms with Crippen molar-refractivity contribution in [3.8, 4) is 11.6 Å². The molecule has 3 aromatic rings. The third-order valence-corrected chi connectivity index (χ3v) is 4.59. The minimum absolute atomic E-state index is 0.0519. The molecule has 0 aliphatic rings. The van der Waals surface area contributed by atoms with Crippen molar-refractivity contribution >= 4 is 28.6 Å². The quantitative estimate of drug-likeness (QED) is 0.576. The number of aromatic nitrogens is 2. The monoisotopic (exact) mass is 375 g/mol. The Morgan fingerprint density at radius 1 is 1.32 bits per heavy atom. The topological polar surface area (TPSA) is 99.1 Å². The van der Waals surface area contributed by atoms with E-state index < -0.39 is 0 Å². The number of hydrogen-bond donors (Lipinski definition) is 3. The van der Waals surface area contributed by atoms with E-state index in [4.69, 9.17) is 21.7 Å². The summed E-state index contributed by atoms with van der Waals surface area (Å²) in [5, 5.41) is 18.0. The van der Waals surface area contributed by atoms with Crippen LogP contribution in [0.15, 0.2) is 47.4 Å². The van der Waals surface area contributed by atoms with E-state index in [1.54, 1.807) is 30.5 Å². The molecule has 0 aliphatic heterocycles. The number of aromatic amines is 1. The Morgan fingerprint density at radius 3 is 2.72 bits per heavy atom. The van der Waals surface area contributed by atoms with Gasteiger partial charge in [0.1, 0.15) is 18.1 Å². The summed E-state index contributed by atoms with van der Waals surface area (Å²) in [5.41, 5.74) is 1.52. The SMILES string of the molecule is N=C(COc1ccc(Cc2sc(=O)[nH]c2O)cc1)c1ncccc1Cl. The number of H-pyrrole nitrogens is 1. The summed E-state index contributed by atoms with van der Waals surface area (Å²) >= 11 is 7.00. The van der Waals surface area contributed by atoms with Gasteiger partial charge in [-0.2, -0.15) is 0 Å². The van der Waals surface area contributed by atoms with Gasteiger partial charge < -0.3 is 9.84 Å². The summed E-state index contributed by atoms with van der Waals surface area (Å²) in [6, 6.07) is 10.6. The lowest BCUT2D eigenvalue weighted by Gasteiger charge is -2.09. The van der Waals surface area contributed by atoms with Crippen LogP contribution in [-0.4, -0.2) is 27.4 Å². The van der Waals surface area contributed by atoms with Crippen molar-refractivity contribution in [3.63, 3.8) is 0 Å². The molecule has 0 saturated heterocycles. The van der Waals surface area contributed by atoms with E-state index in [9.17, 15) is 9.90 Å². The Balaban J connectivity index is 1.61. The lowest BCUT2D eigenvalue weighted by Crippen LogP contribution is -2.13. The number of nitrogens with zero attached hydrogens (tertiary/aromatic N) is 1. The summed E-state index contributed by atoms with van der Waals surface area (Å²) in [6.07, 6.45) is 2.03. The second kappa shape index (κ2) is 7.50. The number of hydrogen-bond acceptors (Lipinski definition) is 6. The highest BCUT2D eigenvalue weighted by Gasteiger charge is 2.10. The van der Waals surface area contributed by atoms with Gasteiger partial charge in [0, 0.05) is 12.6 Å². The van der Waals surface area contributed by atoms with Crippen LogP contribution in [0.2, 0.25) is 5.02 Å². The van der Waals surface area contributed by atoms with Crippen LogP contribution in [0, 0.1) is 5.41 Å². The zero-order valence-corrected chi connectivity index (χ0v) is 14.5. The second-order valence-electron chi connectivity index (χ2n) is 5.21. The maximum absolute atomic E-state index is 11.2. The molecule has 25 heavy (non-hydrogen) atoms. The lowest BCUT2D eigenvalue weighted by atomic mass is 10.1. The second-order valence-corrected chi connectivity index (χ2v) is 6.68. The third-order valence-electron chi connectivity index (χ3n) is 3.42. The van der Waals surface area contributed by atoms with E-state index in [-0.39, 0.29) is 23.1 Å². The standard InChI is InChI=1S/C17H14ClN3O3S/c18-12-2-1-7-20-15(12)13(19)9-24-11-5-3-10(4-6-11)8-14-16(22)21-17(23)25-14/h1-7,19,22H,8-9H2,(H,21,23). The lowest BCUT2D eigenvalue weighted by molar-refractivity contribution is 0.376. The predicted octanol–water partition coefficient (Wildman–Crippen LogP) is 3.23. The minimum atomic E-state index is -0.279. The van der Waals surface area contributed by atoms with Gasteiger partial charge in [-0.25, -0.2) is 0 Å². The van der Waals surface area contributed by atoms with E-state index in [0.717, 1.165) is 16.9 Å². The fraction of sp³-hybridized carbons (Fsp3) is 0.118. The van der Waals surface area contributed by atoms with Crippen molar-refractivity contribution in [2.45, 2.75) is 6.42 Å². The number of thiazole rings is 1. The average Bonchev–Trinajstić information content (AvgIpc) is 2.91. The predicted molar refractivity (Wildman–Crippen MR) is 97.4 cm³/mol. The first-order valence-electron chi connectivity index (χ1n) is 7.34. The van der Waals surface area contributed by atoms with Crippen molar-refractivity contribution in [2.75, 3.05) is 6.61 Å². The van der Waals surface area contributed by atoms with Crippen LogP contribution in [0.1, 0.15) is 16.1 Å². The van der Waals surface area contributed by atoms with Crippen molar-refractivity contribution in [1.29, 1.82) is 5.41 Å². The molecule has 3 rings (SSSR count). The number of nitrogens with one attached hydrogen (secondary N) is 2. The molecular formula is C17H14ClN3O3S. The first-order valence-corrected chi connectivity index (χ1v) is 8.53. The van der Waals surface area contributed by atoms with Crippen LogP contribution in [0.5, 0.6) is 11.6 Å². The molecule has 0 bridgehead atoms. The van der Waals surface area contributed by atoms with E-state index in [1.165, 1.54) is 0 Å². The van der Waals surface area contributed by atoms with E-state index in [0.29, 0.717) is 27.8 Å². The summed E-state index contributed by atoms with van der Waals surface area (Å²) < 4.78 is 5.58. The van der Waals surface area contributed by atoms with Crippen molar-refractivity contribution < 1.29 is 9.84 Å². The highest BCUT2D eigenvalue weighted by atomic mass is 35.5. The highest BCUT2D eigenvalue weighted by Crippen LogP contribution is 2.22. The molecular weight excluding hydrogens is 362 g/mol. The fourth-order valence-corrected chi connectivity index (χ4v) is 3.19. The summed E-state index contributed by atoms with van der Waals surface area (Å²) in [4.78, 5) is 17.9. The maximum atomic E-state index is 11.2. The van der Waals surface area contributed by atoms with Gasteiger partial charge in [0.25, 0.3) is 0 Å². The van der Waals surface area contributed by atoms with Gasteiger partial charge in [0.2, 0.25) is 5.88 Å². The maximum Gasteiger partial charge on any atom is 0.307 e. The smallest absolute Gasteiger partial charge is 0.307 e. The zero-order chi connectivity index (χ0) is 17.8. The number of rotatable bonds is 6. The molecule has 0 aliphatic carbocycles. The van der Waals surface area contributed by atoms with E-state index in [2.05, 4.69) is 9.97 Å². The summed E-state index contributed by atoms with van der Waals surface area (Å²) in [6.45, 7) is 0.0519. The first-order chi connectivity index (χ1) is 12.0. The molecule has 2 aromatic heterocycles. The van der Waals surface area contributed by atoms with Gasteiger partial charge >= 0.3 is 4.87 Å². The van der Waals surface area contributed by atoms with E-state index in [1.807, 2.05) is 12.1 Å². The average molecular weight is 376 g/mol. The van der Waals surface area contributed by atoms with Crippen LogP contribution in [0.25, 0.3) is 0 Å². The highest BCUT2D eigenvalue weighted by molar-refractivity contribution is 7.09. The molecule has 0 radical (unpaired) electrons. The zero-order valence-electron chi connectivity index (χ0n) is 13.0. The van der Waals surface area contributed by atoms with Gasteiger partial charge in [-0.15, -0.1) is 0 Å². The first kappa shape index (κ1) is 17.2. The molecule has 0 saturated carbocycles. The van der Waals surface area contributed by atoms with Crippen LogP contribution < -0.4 is 9.61 Å². The molecule has 8 heteroatoms. The minimum Gasteiger partial charge on any atom is -0.494 e. The largest absolute Gasteiger partial charge is 0.494 e. The van der Waals surface area contributed by atoms with Gasteiger partial charge in [-0.3, -0.25) is 20.2 Å². The van der Waals surface area contributed by atoms with Crippen LogP contribution in [-0.2, 0) is 6.42 Å². The molecule has 0 amide bonds. The number of halogens is 1. The summed E-state index contributed by atoms with van der Waals surface area (Å²) in [5.74, 6) is 0.517.